The summed E-state index contributed by atoms with van der Waals surface area (Å²) in [6.45, 7) is 0. The lowest BCUT2D eigenvalue weighted by molar-refractivity contribution is -0.138. The maximum Gasteiger partial charge on any atom is 0.421 e. The molecule has 1 heterocycles. The molecular weight excluding hydrogens is 275 g/mol. The van der Waals surface area contributed by atoms with Gasteiger partial charge in [-0.1, -0.05) is 6.07 Å². The molecule has 7 heteroatoms. The van der Waals surface area contributed by atoms with E-state index in [1.165, 1.54) is 18.2 Å². The molecular formula is C13H8F3NO3. The molecule has 1 aromatic heterocycles. The molecule has 0 aliphatic carbocycles. The maximum absolute atomic E-state index is 12.7. The highest BCUT2D eigenvalue weighted by Crippen LogP contribution is 2.36. The van der Waals surface area contributed by atoms with E-state index in [9.17, 15) is 18.0 Å². The third-order valence-corrected chi connectivity index (χ3v) is 2.37. The minimum atomic E-state index is -4.60. The van der Waals surface area contributed by atoms with Crippen LogP contribution in [0.15, 0.2) is 42.6 Å². The van der Waals surface area contributed by atoms with Gasteiger partial charge in [0.05, 0.1) is 5.56 Å². The lowest BCUT2D eigenvalue weighted by Gasteiger charge is -2.12. The monoisotopic (exact) mass is 283 g/mol. The zero-order valence-corrected chi connectivity index (χ0v) is 9.89. The summed E-state index contributed by atoms with van der Waals surface area (Å²) >= 11 is 0. The second kappa shape index (κ2) is 5.20. The Bertz CT molecular complexity index is 641. The number of rotatable bonds is 3. The first kappa shape index (κ1) is 13.9. The summed E-state index contributed by atoms with van der Waals surface area (Å²) in [5, 5.41) is 8.81. The number of carboxylic acid groups (broad SMARTS) is 1. The molecule has 0 aliphatic rings. The van der Waals surface area contributed by atoms with Gasteiger partial charge in [-0.15, -0.1) is 0 Å². The second-order valence-electron chi connectivity index (χ2n) is 3.79. The fourth-order valence-corrected chi connectivity index (χ4v) is 1.49. The molecule has 0 spiro atoms. The highest BCUT2D eigenvalue weighted by Gasteiger charge is 2.35. The van der Waals surface area contributed by atoms with Crippen LogP contribution >= 0.6 is 0 Å². The first-order chi connectivity index (χ1) is 9.38. The Kier molecular flexibility index (Phi) is 3.60. The SMILES string of the molecule is O=C(O)c1cccc(Oc2ncccc2C(F)(F)F)c1. The van der Waals surface area contributed by atoms with E-state index in [4.69, 9.17) is 9.84 Å². The Morgan fingerprint density at radius 1 is 1.20 bits per heavy atom. The van der Waals surface area contributed by atoms with Crippen LogP contribution in [0.2, 0.25) is 0 Å². The molecule has 0 bridgehead atoms. The first-order valence-electron chi connectivity index (χ1n) is 5.41. The summed E-state index contributed by atoms with van der Waals surface area (Å²) in [5.74, 6) is -1.86. The summed E-state index contributed by atoms with van der Waals surface area (Å²) in [6.07, 6.45) is -3.44. The molecule has 2 rings (SSSR count). The standard InChI is InChI=1S/C13H8F3NO3/c14-13(15,16)10-5-2-6-17-11(10)20-9-4-1-3-8(7-9)12(18)19/h1-7H,(H,18,19). The van der Waals surface area contributed by atoms with Gasteiger partial charge in [-0.05, 0) is 30.3 Å². The van der Waals surface area contributed by atoms with Gasteiger partial charge in [0, 0.05) is 6.20 Å². The third-order valence-electron chi connectivity index (χ3n) is 2.37. The van der Waals surface area contributed by atoms with Gasteiger partial charge in [0.2, 0.25) is 5.88 Å². The quantitative estimate of drug-likeness (QED) is 0.935. The van der Waals surface area contributed by atoms with Crippen LogP contribution in [-0.4, -0.2) is 16.1 Å². The van der Waals surface area contributed by atoms with Gasteiger partial charge >= 0.3 is 12.1 Å². The van der Waals surface area contributed by atoms with Crippen LogP contribution in [0.25, 0.3) is 0 Å². The van der Waals surface area contributed by atoms with Crippen molar-refractivity contribution in [3.05, 3.63) is 53.7 Å². The van der Waals surface area contributed by atoms with Crippen molar-refractivity contribution in [1.82, 2.24) is 4.98 Å². The van der Waals surface area contributed by atoms with Gasteiger partial charge in [-0.3, -0.25) is 0 Å². The van der Waals surface area contributed by atoms with Gasteiger partial charge in [0.15, 0.2) is 0 Å². The van der Waals surface area contributed by atoms with Crippen molar-refractivity contribution in [1.29, 1.82) is 0 Å². The molecule has 0 fully saturated rings. The van der Waals surface area contributed by atoms with E-state index in [1.807, 2.05) is 0 Å². The molecule has 104 valence electrons. The van der Waals surface area contributed by atoms with Crippen molar-refractivity contribution in [2.45, 2.75) is 6.18 Å². The molecule has 0 amide bonds. The van der Waals surface area contributed by atoms with E-state index >= 15 is 0 Å². The van der Waals surface area contributed by atoms with Crippen molar-refractivity contribution >= 4 is 5.97 Å². The predicted octanol–water partition coefficient (Wildman–Crippen LogP) is 3.59. The molecule has 4 nitrogen and oxygen atoms in total. The van der Waals surface area contributed by atoms with Crippen LogP contribution < -0.4 is 4.74 Å². The summed E-state index contributed by atoms with van der Waals surface area (Å²) < 4.78 is 43.3. The Balaban J connectivity index is 2.36. The van der Waals surface area contributed by atoms with Crippen molar-refractivity contribution in [3.8, 4) is 11.6 Å². The van der Waals surface area contributed by atoms with E-state index < -0.39 is 23.6 Å². The number of nitrogens with zero attached hydrogens (tertiary/aromatic N) is 1. The van der Waals surface area contributed by atoms with E-state index in [0.29, 0.717) is 0 Å². The number of pyridine rings is 1. The molecule has 2 aromatic rings. The van der Waals surface area contributed by atoms with Gasteiger partial charge in [0.25, 0.3) is 0 Å². The summed E-state index contributed by atoms with van der Waals surface area (Å²) in [5.41, 5.74) is -1.12. The zero-order valence-electron chi connectivity index (χ0n) is 9.89. The van der Waals surface area contributed by atoms with Crippen LogP contribution in [0.3, 0.4) is 0 Å². The molecule has 1 N–H and O–H groups in total. The molecule has 0 atom stereocenters. The summed E-state index contributed by atoms with van der Waals surface area (Å²) in [4.78, 5) is 14.3. The van der Waals surface area contributed by atoms with Crippen LogP contribution in [0.4, 0.5) is 13.2 Å². The molecule has 0 aliphatic heterocycles. The van der Waals surface area contributed by atoms with Crippen molar-refractivity contribution in [3.63, 3.8) is 0 Å². The van der Waals surface area contributed by atoms with Crippen molar-refractivity contribution < 1.29 is 27.8 Å². The average molecular weight is 283 g/mol. The number of alkyl halides is 3. The number of carbonyl (C=O) groups is 1. The normalized spacial score (nSPS) is 11.2. The average Bonchev–Trinajstić information content (AvgIpc) is 2.38. The van der Waals surface area contributed by atoms with E-state index in [2.05, 4.69) is 4.98 Å². The lowest BCUT2D eigenvalue weighted by Crippen LogP contribution is -2.08. The summed E-state index contributed by atoms with van der Waals surface area (Å²) in [6, 6.07) is 7.12. The number of carboxylic acids is 1. The van der Waals surface area contributed by atoms with Gasteiger partial charge < -0.3 is 9.84 Å². The van der Waals surface area contributed by atoms with Crippen LogP contribution in [-0.2, 0) is 6.18 Å². The topological polar surface area (TPSA) is 59.4 Å². The van der Waals surface area contributed by atoms with Gasteiger partial charge in [-0.2, -0.15) is 13.2 Å². The number of benzene rings is 1. The number of halogens is 3. The van der Waals surface area contributed by atoms with Gasteiger partial charge in [0.1, 0.15) is 11.3 Å². The highest BCUT2D eigenvalue weighted by atomic mass is 19.4. The molecule has 20 heavy (non-hydrogen) atoms. The van der Waals surface area contributed by atoms with Crippen molar-refractivity contribution in [2.75, 3.05) is 0 Å². The highest BCUT2D eigenvalue weighted by molar-refractivity contribution is 5.88. The molecule has 0 unspecified atom stereocenters. The predicted molar refractivity (Wildman–Crippen MR) is 62.7 cm³/mol. The minimum absolute atomic E-state index is 0.0332. The Morgan fingerprint density at radius 3 is 2.60 bits per heavy atom. The number of aromatic nitrogens is 1. The molecule has 0 radical (unpaired) electrons. The van der Waals surface area contributed by atoms with Crippen molar-refractivity contribution in [2.24, 2.45) is 0 Å². The zero-order chi connectivity index (χ0) is 14.8. The lowest BCUT2D eigenvalue weighted by atomic mass is 10.2. The number of ether oxygens (including phenoxy) is 1. The fourth-order valence-electron chi connectivity index (χ4n) is 1.49. The Morgan fingerprint density at radius 2 is 1.95 bits per heavy atom. The third kappa shape index (κ3) is 3.05. The minimum Gasteiger partial charge on any atom is -0.478 e. The first-order valence-corrected chi connectivity index (χ1v) is 5.41. The van der Waals surface area contributed by atoms with Crippen LogP contribution in [0.1, 0.15) is 15.9 Å². The summed E-state index contributed by atoms with van der Waals surface area (Å²) in [7, 11) is 0. The smallest absolute Gasteiger partial charge is 0.421 e. The van der Waals surface area contributed by atoms with E-state index in [0.717, 1.165) is 24.4 Å². The number of hydrogen-bond acceptors (Lipinski definition) is 3. The van der Waals surface area contributed by atoms with E-state index in [1.54, 1.807) is 0 Å². The molecule has 0 saturated heterocycles. The van der Waals surface area contributed by atoms with Gasteiger partial charge in [-0.25, -0.2) is 9.78 Å². The molecule has 1 aromatic carbocycles. The maximum atomic E-state index is 12.7. The van der Waals surface area contributed by atoms with Crippen LogP contribution in [0.5, 0.6) is 11.6 Å². The molecule has 0 saturated carbocycles. The van der Waals surface area contributed by atoms with Crippen LogP contribution in [0, 0.1) is 0 Å². The Labute approximate surface area is 111 Å². The fraction of sp³-hybridized carbons (Fsp3) is 0.0769. The number of hydrogen-bond donors (Lipinski definition) is 1. The number of aromatic carboxylic acids is 1. The second-order valence-corrected chi connectivity index (χ2v) is 3.79. The van der Waals surface area contributed by atoms with E-state index in [-0.39, 0.29) is 11.3 Å². The Hall–Kier alpha value is -2.57. The largest absolute Gasteiger partial charge is 0.478 e.